The largest absolute Gasteiger partial charge is 0.383 e. The predicted octanol–water partition coefficient (Wildman–Crippen LogP) is 4.26. The standard InChI is InChI=1S/C22H29N3O/c1-7-15(3)24-17(5)18-12-20(25-21(13-18)22(26)23-6)16(4)19-11-9-8-10-14(19)2/h8-13,15-16,24H,5,7H2,1-4,6H3,(H,23,26)/t15-,16?/m1/s1. The van der Waals surface area contributed by atoms with Crippen molar-refractivity contribution in [3.8, 4) is 0 Å². The molecule has 2 N–H and O–H groups in total. The van der Waals surface area contributed by atoms with Crippen molar-refractivity contribution in [3.05, 3.63) is 71.1 Å². The highest BCUT2D eigenvalue weighted by Gasteiger charge is 2.17. The number of pyridine rings is 1. The van der Waals surface area contributed by atoms with Crippen LogP contribution < -0.4 is 10.6 Å². The van der Waals surface area contributed by atoms with Crippen molar-refractivity contribution in [2.75, 3.05) is 7.05 Å². The average Bonchev–Trinajstić information content (AvgIpc) is 2.66. The lowest BCUT2D eigenvalue weighted by Gasteiger charge is -2.19. The van der Waals surface area contributed by atoms with Crippen molar-refractivity contribution < 1.29 is 4.79 Å². The second-order valence-corrected chi connectivity index (χ2v) is 6.76. The molecule has 1 heterocycles. The maximum atomic E-state index is 12.2. The highest BCUT2D eigenvalue weighted by Crippen LogP contribution is 2.27. The molecule has 0 bridgehead atoms. The molecule has 4 heteroatoms. The first-order chi connectivity index (χ1) is 12.4. The van der Waals surface area contributed by atoms with E-state index < -0.39 is 0 Å². The Balaban J connectivity index is 2.48. The third-order valence-corrected chi connectivity index (χ3v) is 4.78. The van der Waals surface area contributed by atoms with Gasteiger partial charge in [-0.15, -0.1) is 0 Å². The second kappa shape index (κ2) is 8.65. The fourth-order valence-corrected chi connectivity index (χ4v) is 2.91. The molecule has 0 radical (unpaired) electrons. The lowest BCUT2D eigenvalue weighted by molar-refractivity contribution is 0.0958. The Kier molecular flexibility index (Phi) is 6.56. The third kappa shape index (κ3) is 4.51. The molecule has 1 amide bonds. The molecule has 26 heavy (non-hydrogen) atoms. The lowest BCUT2D eigenvalue weighted by Crippen LogP contribution is -2.24. The highest BCUT2D eigenvalue weighted by molar-refractivity contribution is 5.93. The van der Waals surface area contributed by atoms with E-state index in [1.807, 2.05) is 18.2 Å². The zero-order valence-corrected chi connectivity index (χ0v) is 16.4. The van der Waals surface area contributed by atoms with Crippen LogP contribution in [0.2, 0.25) is 0 Å². The van der Waals surface area contributed by atoms with Gasteiger partial charge in [-0.3, -0.25) is 4.79 Å². The molecule has 1 aromatic carbocycles. The van der Waals surface area contributed by atoms with Crippen molar-refractivity contribution >= 4 is 11.6 Å². The molecular weight excluding hydrogens is 322 g/mol. The summed E-state index contributed by atoms with van der Waals surface area (Å²) in [7, 11) is 1.62. The summed E-state index contributed by atoms with van der Waals surface area (Å²) >= 11 is 0. The Morgan fingerprint density at radius 3 is 2.54 bits per heavy atom. The van der Waals surface area contributed by atoms with Crippen molar-refractivity contribution in [2.45, 2.75) is 46.1 Å². The molecule has 0 saturated carbocycles. The number of carbonyl (C=O) groups is 1. The van der Waals surface area contributed by atoms with E-state index >= 15 is 0 Å². The first kappa shape index (κ1) is 19.7. The van der Waals surface area contributed by atoms with E-state index in [2.05, 4.69) is 62.0 Å². The molecule has 0 fully saturated rings. The molecule has 0 spiro atoms. The number of nitrogens with zero attached hydrogens (tertiary/aromatic N) is 1. The van der Waals surface area contributed by atoms with Crippen molar-refractivity contribution in [3.63, 3.8) is 0 Å². The Morgan fingerprint density at radius 2 is 1.92 bits per heavy atom. The number of benzene rings is 1. The number of nitrogens with one attached hydrogen (secondary N) is 2. The predicted molar refractivity (Wildman–Crippen MR) is 108 cm³/mol. The smallest absolute Gasteiger partial charge is 0.269 e. The van der Waals surface area contributed by atoms with Crippen molar-refractivity contribution in [1.29, 1.82) is 0 Å². The molecule has 2 aromatic rings. The van der Waals surface area contributed by atoms with E-state index in [-0.39, 0.29) is 11.8 Å². The van der Waals surface area contributed by atoms with Crippen LogP contribution in [-0.2, 0) is 0 Å². The Bertz CT molecular complexity index is 798. The van der Waals surface area contributed by atoms with Crippen LogP contribution in [0.3, 0.4) is 0 Å². The second-order valence-electron chi connectivity index (χ2n) is 6.76. The number of amides is 1. The number of hydrogen-bond donors (Lipinski definition) is 2. The summed E-state index contributed by atoms with van der Waals surface area (Å²) in [5, 5.41) is 6.06. The van der Waals surface area contributed by atoms with Gasteiger partial charge in [-0.05, 0) is 43.5 Å². The highest BCUT2D eigenvalue weighted by atomic mass is 16.1. The normalized spacial score (nSPS) is 13.0. The minimum atomic E-state index is -0.193. The molecule has 0 aliphatic heterocycles. The average molecular weight is 351 g/mol. The van der Waals surface area contributed by atoms with Crippen molar-refractivity contribution in [1.82, 2.24) is 15.6 Å². The van der Waals surface area contributed by atoms with Gasteiger partial charge >= 0.3 is 0 Å². The molecule has 0 aliphatic rings. The monoisotopic (exact) mass is 351 g/mol. The summed E-state index contributed by atoms with van der Waals surface area (Å²) in [6.07, 6.45) is 0.999. The molecule has 4 nitrogen and oxygen atoms in total. The molecule has 1 aromatic heterocycles. The van der Waals surface area contributed by atoms with Crippen LogP contribution in [0.1, 0.15) is 66.0 Å². The van der Waals surface area contributed by atoms with E-state index in [4.69, 9.17) is 0 Å². The summed E-state index contributed by atoms with van der Waals surface area (Å²) in [6.45, 7) is 12.6. The Labute approximate surface area is 156 Å². The summed E-state index contributed by atoms with van der Waals surface area (Å²) in [5.41, 5.74) is 5.40. The molecule has 0 aliphatic carbocycles. The van der Waals surface area contributed by atoms with Gasteiger partial charge in [-0.2, -0.15) is 0 Å². The molecular formula is C22H29N3O. The van der Waals surface area contributed by atoms with Crippen LogP contribution >= 0.6 is 0 Å². The van der Waals surface area contributed by atoms with E-state index in [0.29, 0.717) is 11.7 Å². The Morgan fingerprint density at radius 1 is 1.23 bits per heavy atom. The summed E-state index contributed by atoms with van der Waals surface area (Å²) in [4.78, 5) is 16.8. The van der Waals surface area contributed by atoms with Crippen LogP contribution in [0.15, 0.2) is 43.0 Å². The fraction of sp³-hybridized carbons (Fsp3) is 0.364. The minimum Gasteiger partial charge on any atom is -0.383 e. The molecule has 2 atom stereocenters. The number of carbonyl (C=O) groups excluding carboxylic acids is 1. The van der Waals surface area contributed by atoms with Crippen LogP contribution in [0, 0.1) is 6.92 Å². The molecule has 0 saturated heterocycles. The topological polar surface area (TPSA) is 54.0 Å². The van der Waals surface area contributed by atoms with Gasteiger partial charge in [0.05, 0.1) is 0 Å². The molecule has 1 unspecified atom stereocenters. The van der Waals surface area contributed by atoms with Gasteiger partial charge in [0.25, 0.3) is 5.91 Å². The first-order valence-corrected chi connectivity index (χ1v) is 9.12. The van der Waals surface area contributed by atoms with Gasteiger partial charge in [0, 0.05) is 36.0 Å². The van der Waals surface area contributed by atoms with Crippen LogP contribution in [0.5, 0.6) is 0 Å². The fourth-order valence-electron chi connectivity index (χ4n) is 2.91. The summed E-state index contributed by atoms with van der Waals surface area (Å²) in [5.74, 6) is -0.114. The van der Waals surface area contributed by atoms with Gasteiger partial charge < -0.3 is 10.6 Å². The van der Waals surface area contributed by atoms with Gasteiger partial charge in [0.15, 0.2) is 0 Å². The molecule has 138 valence electrons. The third-order valence-electron chi connectivity index (χ3n) is 4.78. The van der Waals surface area contributed by atoms with Crippen molar-refractivity contribution in [2.24, 2.45) is 0 Å². The Hall–Kier alpha value is -2.62. The SMILES string of the molecule is C=C(N[C@H](C)CC)c1cc(C(=O)NC)nc(C(C)c2ccccc2C)c1. The number of rotatable bonds is 7. The van der Waals surface area contributed by atoms with E-state index in [1.54, 1.807) is 13.1 Å². The maximum Gasteiger partial charge on any atom is 0.269 e. The summed E-state index contributed by atoms with van der Waals surface area (Å²) in [6, 6.07) is 12.4. The zero-order chi connectivity index (χ0) is 19.3. The number of aromatic nitrogens is 1. The quantitative estimate of drug-likeness (QED) is 0.784. The van der Waals surface area contributed by atoms with Crippen LogP contribution in [0.25, 0.3) is 5.70 Å². The lowest BCUT2D eigenvalue weighted by atomic mass is 9.92. The van der Waals surface area contributed by atoms with Crippen LogP contribution in [-0.4, -0.2) is 24.0 Å². The van der Waals surface area contributed by atoms with E-state index in [0.717, 1.165) is 23.4 Å². The maximum absolute atomic E-state index is 12.2. The van der Waals surface area contributed by atoms with E-state index in [1.165, 1.54) is 11.1 Å². The number of hydrogen-bond acceptors (Lipinski definition) is 3. The summed E-state index contributed by atoms with van der Waals surface area (Å²) < 4.78 is 0. The minimum absolute atomic E-state index is 0.0796. The van der Waals surface area contributed by atoms with Gasteiger partial charge in [-0.1, -0.05) is 44.7 Å². The zero-order valence-electron chi connectivity index (χ0n) is 16.4. The van der Waals surface area contributed by atoms with Gasteiger partial charge in [-0.25, -0.2) is 4.98 Å². The number of aryl methyl sites for hydroxylation is 1. The first-order valence-electron chi connectivity index (χ1n) is 9.12. The van der Waals surface area contributed by atoms with Gasteiger partial charge in [0.1, 0.15) is 5.69 Å². The van der Waals surface area contributed by atoms with E-state index in [9.17, 15) is 4.79 Å². The van der Waals surface area contributed by atoms with Crippen LogP contribution in [0.4, 0.5) is 0 Å². The van der Waals surface area contributed by atoms with Gasteiger partial charge in [0.2, 0.25) is 0 Å². The molecule has 2 rings (SSSR count).